The zero-order valence-corrected chi connectivity index (χ0v) is 14.7. The van der Waals surface area contributed by atoms with Crippen molar-refractivity contribution in [2.24, 2.45) is 0 Å². The van der Waals surface area contributed by atoms with Crippen LogP contribution in [0.2, 0.25) is 5.02 Å². The average molecular weight is 377 g/mol. The molecule has 8 heteroatoms. The molecule has 1 aliphatic rings. The van der Waals surface area contributed by atoms with Gasteiger partial charge in [0.25, 0.3) is 11.8 Å². The maximum absolute atomic E-state index is 12.1. The van der Waals surface area contributed by atoms with Gasteiger partial charge in [0.1, 0.15) is 12.4 Å². The van der Waals surface area contributed by atoms with Gasteiger partial charge in [-0.2, -0.15) is 0 Å². The SMILES string of the molecule is CC(Oc1cccc(Cl)c1)C(=O)NNC(=O)C1COc2ccccc2O1. The van der Waals surface area contributed by atoms with Crippen molar-refractivity contribution >= 4 is 23.4 Å². The smallest absolute Gasteiger partial charge is 0.283 e. The van der Waals surface area contributed by atoms with Crippen LogP contribution in [0.5, 0.6) is 17.2 Å². The molecule has 2 aromatic rings. The van der Waals surface area contributed by atoms with Crippen molar-refractivity contribution in [1.82, 2.24) is 10.9 Å². The zero-order valence-electron chi connectivity index (χ0n) is 13.9. The van der Waals surface area contributed by atoms with Crippen molar-refractivity contribution < 1.29 is 23.8 Å². The number of hydrogen-bond acceptors (Lipinski definition) is 5. The first-order valence-electron chi connectivity index (χ1n) is 7.93. The van der Waals surface area contributed by atoms with Gasteiger partial charge in [0.05, 0.1) is 0 Å². The predicted octanol–water partition coefficient (Wildman–Crippen LogP) is 2.09. The van der Waals surface area contributed by atoms with Crippen molar-refractivity contribution in [2.75, 3.05) is 6.61 Å². The number of amides is 2. The number of hydrogen-bond donors (Lipinski definition) is 2. The minimum atomic E-state index is -0.866. The Bertz CT molecular complexity index is 814. The van der Waals surface area contributed by atoms with Crippen LogP contribution in [0.15, 0.2) is 48.5 Å². The van der Waals surface area contributed by atoms with E-state index in [9.17, 15) is 9.59 Å². The fourth-order valence-corrected chi connectivity index (χ4v) is 2.43. The van der Waals surface area contributed by atoms with Gasteiger partial charge in [-0.1, -0.05) is 29.8 Å². The van der Waals surface area contributed by atoms with Crippen LogP contribution in [0.3, 0.4) is 0 Å². The Morgan fingerprint density at radius 1 is 1.15 bits per heavy atom. The summed E-state index contributed by atoms with van der Waals surface area (Å²) < 4.78 is 16.5. The minimum Gasteiger partial charge on any atom is -0.485 e. The van der Waals surface area contributed by atoms with Gasteiger partial charge in [-0.3, -0.25) is 20.4 Å². The lowest BCUT2D eigenvalue weighted by molar-refractivity contribution is -0.137. The minimum absolute atomic E-state index is 0.0489. The van der Waals surface area contributed by atoms with Crippen LogP contribution in [0, 0.1) is 0 Å². The maximum Gasteiger partial charge on any atom is 0.283 e. The van der Waals surface area contributed by atoms with E-state index in [1.54, 1.807) is 49.4 Å². The number of para-hydroxylation sites is 2. The maximum atomic E-state index is 12.1. The van der Waals surface area contributed by atoms with Crippen LogP contribution in [0.1, 0.15) is 6.92 Å². The van der Waals surface area contributed by atoms with Gasteiger partial charge < -0.3 is 14.2 Å². The van der Waals surface area contributed by atoms with E-state index >= 15 is 0 Å². The van der Waals surface area contributed by atoms with Gasteiger partial charge in [0.2, 0.25) is 6.10 Å². The van der Waals surface area contributed by atoms with E-state index in [2.05, 4.69) is 10.9 Å². The average Bonchev–Trinajstić information content (AvgIpc) is 2.65. The van der Waals surface area contributed by atoms with E-state index in [0.29, 0.717) is 22.3 Å². The third kappa shape index (κ3) is 4.37. The number of halogens is 1. The van der Waals surface area contributed by atoms with Gasteiger partial charge in [-0.15, -0.1) is 0 Å². The largest absolute Gasteiger partial charge is 0.485 e. The van der Waals surface area contributed by atoms with Crippen molar-refractivity contribution in [3.05, 3.63) is 53.6 Å². The molecule has 0 spiro atoms. The Labute approximate surface area is 155 Å². The second-order valence-electron chi connectivity index (χ2n) is 5.56. The van der Waals surface area contributed by atoms with Crippen LogP contribution >= 0.6 is 11.6 Å². The second-order valence-corrected chi connectivity index (χ2v) is 6.00. The van der Waals surface area contributed by atoms with Crippen molar-refractivity contribution in [1.29, 1.82) is 0 Å². The van der Waals surface area contributed by atoms with Crippen LogP contribution in [-0.4, -0.2) is 30.6 Å². The van der Waals surface area contributed by atoms with E-state index in [1.807, 2.05) is 6.07 Å². The van der Waals surface area contributed by atoms with Crippen LogP contribution < -0.4 is 25.1 Å². The third-order valence-electron chi connectivity index (χ3n) is 3.59. The summed E-state index contributed by atoms with van der Waals surface area (Å²) in [5, 5.41) is 0.498. The summed E-state index contributed by atoms with van der Waals surface area (Å²) in [5.74, 6) is 0.456. The third-order valence-corrected chi connectivity index (χ3v) is 3.82. The fourth-order valence-electron chi connectivity index (χ4n) is 2.25. The number of carbonyl (C=O) groups is 2. The molecule has 0 aliphatic carbocycles. The molecular formula is C18H17ClN2O5. The summed E-state index contributed by atoms with van der Waals surface area (Å²) in [7, 11) is 0. The highest BCUT2D eigenvalue weighted by Gasteiger charge is 2.28. The van der Waals surface area contributed by atoms with E-state index in [1.165, 1.54) is 0 Å². The highest BCUT2D eigenvalue weighted by Crippen LogP contribution is 2.30. The number of fused-ring (bicyclic) bond motifs is 1. The summed E-state index contributed by atoms with van der Waals surface area (Å²) in [6, 6.07) is 13.7. The Morgan fingerprint density at radius 3 is 2.69 bits per heavy atom. The normalized spacial score (nSPS) is 16.3. The van der Waals surface area contributed by atoms with E-state index < -0.39 is 24.0 Å². The first kappa shape index (κ1) is 17.9. The number of hydrazine groups is 1. The summed E-state index contributed by atoms with van der Waals surface area (Å²) in [4.78, 5) is 24.2. The molecule has 2 N–H and O–H groups in total. The monoisotopic (exact) mass is 376 g/mol. The highest BCUT2D eigenvalue weighted by atomic mass is 35.5. The second kappa shape index (κ2) is 7.97. The number of carbonyl (C=O) groups excluding carboxylic acids is 2. The number of rotatable bonds is 4. The van der Waals surface area contributed by atoms with Gasteiger partial charge in [0.15, 0.2) is 17.6 Å². The lowest BCUT2D eigenvalue weighted by atomic mass is 10.2. The van der Waals surface area contributed by atoms with Crippen LogP contribution in [-0.2, 0) is 9.59 Å². The predicted molar refractivity (Wildman–Crippen MR) is 94.2 cm³/mol. The molecule has 2 amide bonds. The standard InChI is InChI=1S/C18H17ClN2O5/c1-11(25-13-6-4-5-12(19)9-13)17(22)20-21-18(23)16-10-24-14-7-2-3-8-15(14)26-16/h2-9,11,16H,10H2,1H3,(H,20,22)(H,21,23). The van der Waals surface area contributed by atoms with Gasteiger partial charge in [-0.05, 0) is 37.3 Å². The molecule has 0 radical (unpaired) electrons. The molecule has 0 saturated heterocycles. The molecule has 2 aromatic carbocycles. The van der Waals surface area contributed by atoms with E-state index in [4.69, 9.17) is 25.8 Å². The number of benzene rings is 2. The molecule has 2 unspecified atom stereocenters. The first-order valence-corrected chi connectivity index (χ1v) is 8.31. The van der Waals surface area contributed by atoms with E-state index in [0.717, 1.165) is 0 Å². The van der Waals surface area contributed by atoms with Crippen molar-refractivity contribution in [2.45, 2.75) is 19.1 Å². The molecule has 136 valence electrons. The Morgan fingerprint density at radius 2 is 1.92 bits per heavy atom. The Hall–Kier alpha value is -2.93. The van der Waals surface area contributed by atoms with Crippen molar-refractivity contribution in [3.63, 3.8) is 0 Å². The lowest BCUT2D eigenvalue weighted by Gasteiger charge is -2.25. The summed E-state index contributed by atoms with van der Waals surface area (Å²) in [6.07, 6.45) is -1.70. The molecule has 3 rings (SSSR count). The summed E-state index contributed by atoms with van der Waals surface area (Å²) >= 11 is 5.87. The lowest BCUT2D eigenvalue weighted by Crippen LogP contribution is -2.53. The first-order chi connectivity index (χ1) is 12.5. The highest BCUT2D eigenvalue weighted by molar-refractivity contribution is 6.30. The Balaban J connectivity index is 1.49. The molecule has 0 aromatic heterocycles. The van der Waals surface area contributed by atoms with Crippen LogP contribution in [0.4, 0.5) is 0 Å². The molecule has 2 atom stereocenters. The van der Waals surface area contributed by atoms with E-state index in [-0.39, 0.29) is 6.61 Å². The molecule has 1 aliphatic heterocycles. The summed E-state index contributed by atoms with van der Waals surface area (Å²) in [6.45, 7) is 1.60. The molecule has 7 nitrogen and oxygen atoms in total. The van der Waals surface area contributed by atoms with Gasteiger partial charge in [0, 0.05) is 5.02 Å². The molecule has 26 heavy (non-hydrogen) atoms. The number of ether oxygens (including phenoxy) is 3. The Kier molecular flexibility index (Phi) is 5.48. The van der Waals surface area contributed by atoms with Gasteiger partial charge >= 0.3 is 0 Å². The summed E-state index contributed by atoms with van der Waals surface area (Å²) in [5.41, 5.74) is 4.62. The molecule has 0 saturated carbocycles. The fraction of sp³-hybridized carbons (Fsp3) is 0.222. The zero-order chi connectivity index (χ0) is 18.5. The number of nitrogens with one attached hydrogen (secondary N) is 2. The topological polar surface area (TPSA) is 85.9 Å². The van der Waals surface area contributed by atoms with Crippen molar-refractivity contribution in [3.8, 4) is 17.2 Å². The van der Waals surface area contributed by atoms with Gasteiger partial charge in [-0.25, -0.2) is 0 Å². The van der Waals surface area contributed by atoms with Crippen LogP contribution in [0.25, 0.3) is 0 Å². The molecule has 0 fully saturated rings. The quantitative estimate of drug-likeness (QED) is 0.798. The molecule has 0 bridgehead atoms. The molecule has 1 heterocycles. The molecular weight excluding hydrogens is 360 g/mol.